The van der Waals surface area contributed by atoms with Crippen LogP contribution in [0.1, 0.15) is 41.7 Å². The summed E-state index contributed by atoms with van der Waals surface area (Å²) < 4.78 is 57.8. The molecule has 226 valence electrons. The van der Waals surface area contributed by atoms with E-state index in [1.165, 1.54) is 10.9 Å². The molecule has 0 unspecified atom stereocenters. The number of likely N-dealkylation sites (tertiary alicyclic amines) is 1. The summed E-state index contributed by atoms with van der Waals surface area (Å²) in [5, 5.41) is 23.3. The lowest BCUT2D eigenvalue weighted by Crippen LogP contribution is -2.46. The van der Waals surface area contributed by atoms with Crippen molar-refractivity contribution in [3.8, 4) is 0 Å². The number of hydrogen-bond acceptors (Lipinski definition) is 7. The Labute approximate surface area is 241 Å². The van der Waals surface area contributed by atoms with E-state index in [4.69, 9.17) is 5.11 Å². The smallest absolute Gasteiger partial charge is 0.394 e. The quantitative estimate of drug-likeness (QED) is 0.277. The first-order valence-corrected chi connectivity index (χ1v) is 14.0. The summed E-state index contributed by atoms with van der Waals surface area (Å²) in [5.74, 6) is -0.0344. The van der Waals surface area contributed by atoms with Crippen LogP contribution < -0.4 is 16.0 Å². The van der Waals surface area contributed by atoms with Crippen molar-refractivity contribution in [3.05, 3.63) is 54.5 Å². The number of nitrogens with zero attached hydrogens (tertiary/aromatic N) is 4. The van der Waals surface area contributed by atoms with Gasteiger partial charge < -0.3 is 26.0 Å². The van der Waals surface area contributed by atoms with Gasteiger partial charge in [0.05, 0.1) is 42.2 Å². The molecule has 4 atom stereocenters. The van der Waals surface area contributed by atoms with Crippen LogP contribution >= 0.6 is 0 Å². The van der Waals surface area contributed by atoms with E-state index < -0.39 is 24.0 Å². The number of aromatic nitrogens is 3. The summed E-state index contributed by atoms with van der Waals surface area (Å²) in [4.78, 5) is 18.9. The summed E-state index contributed by atoms with van der Waals surface area (Å²) in [7, 11) is 1.85. The van der Waals surface area contributed by atoms with Gasteiger partial charge in [-0.05, 0) is 44.9 Å². The Bertz CT molecular complexity index is 1440. The van der Waals surface area contributed by atoms with Crippen LogP contribution in [0.25, 0.3) is 16.3 Å². The molecule has 0 radical (unpaired) electrons. The Morgan fingerprint density at radius 2 is 1.95 bits per heavy atom. The first kappa shape index (κ1) is 29.8. The van der Waals surface area contributed by atoms with Crippen molar-refractivity contribution in [2.45, 2.75) is 62.7 Å². The minimum Gasteiger partial charge on any atom is -0.394 e. The van der Waals surface area contributed by atoms with Crippen LogP contribution in [0.3, 0.4) is 0 Å². The highest BCUT2D eigenvalue weighted by molar-refractivity contribution is 6.01. The van der Waals surface area contributed by atoms with Crippen molar-refractivity contribution < 1.29 is 27.5 Å². The number of carbonyl (C=O) groups excluding carboxylic acids is 1. The Morgan fingerprint density at radius 1 is 1.17 bits per heavy atom. The molecule has 3 aromatic rings. The molecule has 1 amide bonds. The van der Waals surface area contributed by atoms with Crippen LogP contribution in [-0.4, -0.2) is 87.9 Å². The fraction of sp³-hybridized carbons (Fsp3) is 0.483. The molecule has 1 aromatic carbocycles. The first-order valence-electron chi connectivity index (χ1n) is 14.0. The Kier molecular flexibility index (Phi) is 8.69. The molecule has 42 heavy (non-hydrogen) atoms. The maximum atomic E-state index is 14.8. The topological polar surface area (TPSA) is 107 Å². The number of pyridine rings is 1. The third-order valence-electron chi connectivity index (χ3n) is 7.93. The van der Waals surface area contributed by atoms with E-state index >= 15 is 0 Å². The minimum atomic E-state index is -4.69. The molecule has 5 rings (SSSR count). The standard InChI is InChI=1S/C29H35F4N7O2/c1-17(29(31,32)33)27-21-4-3-5-24(37-25-8-9-39(2)16-23(25)30)22(21)13-26(38-27)35-19-6-7-20(12-19)36-28(42)18-14-34-40(15-18)10-11-41/h3-5,13-15,19-20,23,25,37,41H,1,6-12,16H2,2H3,(H,35,38)(H,36,42)/t19-,20+,23+,25-/m1/s1. The number of piperidine rings is 1. The van der Waals surface area contributed by atoms with Crippen LogP contribution in [0.2, 0.25) is 0 Å². The van der Waals surface area contributed by atoms with Gasteiger partial charge in [-0.25, -0.2) is 9.37 Å². The van der Waals surface area contributed by atoms with Gasteiger partial charge >= 0.3 is 6.18 Å². The number of anilines is 2. The molecule has 0 bridgehead atoms. The Hall–Kier alpha value is -3.71. The zero-order valence-corrected chi connectivity index (χ0v) is 23.3. The molecule has 2 fully saturated rings. The van der Waals surface area contributed by atoms with Gasteiger partial charge in [0.2, 0.25) is 0 Å². The van der Waals surface area contributed by atoms with E-state index in [1.54, 1.807) is 30.5 Å². The summed E-state index contributed by atoms with van der Waals surface area (Å²) in [6.07, 6.45) is -0.369. The van der Waals surface area contributed by atoms with Crippen LogP contribution in [-0.2, 0) is 6.54 Å². The van der Waals surface area contributed by atoms with Crippen LogP contribution in [0.4, 0.5) is 29.1 Å². The van der Waals surface area contributed by atoms with Crippen molar-refractivity contribution in [2.75, 3.05) is 37.4 Å². The Balaban J connectivity index is 1.36. The molecular weight excluding hydrogens is 554 g/mol. The average Bonchev–Trinajstić information content (AvgIpc) is 3.59. The second-order valence-electron chi connectivity index (χ2n) is 11.1. The number of fused-ring (bicyclic) bond motifs is 1. The van der Waals surface area contributed by atoms with Crippen molar-refractivity contribution in [1.29, 1.82) is 0 Å². The molecule has 9 nitrogen and oxygen atoms in total. The number of nitrogens with one attached hydrogen (secondary N) is 3. The number of benzene rings is 1. The second kappa shape index (κ2) is 12.3. The molecule has 1 saturated heterocycles. The molecule has 2 aliphatic rings. The van der Waals surface area contributed by atoms with E-state index in [-0.39, 0.29) is 54.6 Å². The minimum absolute atomic E-state index is 0.0916. The van der Waals surface area contributed by atoms with E-state index in [1.807, 2.05) is 11.9 Å². The van der Waals surface area contributed by atoms with Gasteiger partial charge in [0.1, 0.15) is 12.0 Å². The summed E-state index contributed by atoms with van der Waals surface area (Å²) in [6, 6.07) is 5.86. The van der Waals surface area contributed by atoms with Gasteiger partial charge in [0, 0.05) is 47.8 Å². The predicted octanol–water partition coefficient (Wildman–Crippen LogP) is 4.22. The lowest BCUT2D eigenvalue weighted by atomic mass is 10.00. The SMILES string of the molecule is C=C(c1nc(N[C@@H]2CC[C@H](NC(=O)c3cnn(CCO)c3)C2)cc2c(N[C@@H]3CCN(C)C[C@@H]3F)cccc12)C(F)(F)F. The van der Waals surface area contributed by atoms with E-state index in [0.29, 0.717) is 48.9 Å². The highest BCUT2D eigenvalue weighted by Gasteiger charge is 2.36. The monoisotopic (exact) mass is 589 g/mol. The largest absolute Gasteiger partial charge is 0.417 e. The van der Waals surface area contributed by atoms with Gasteiger partial charge in [-0.1, -0.05) is 18.7 Å². The van der Waals surface area contributed by atoms with Gasteiger partial charge in [-0.2, -0.15) is 18.3 Å². The second-order valence-corrected chi connectivity index (χ2v) is 11.1. The van der Waals surface area contributed by atoms with Gasteiger partial charge in [0.15, 0.2) is 0 Å². The average molecular weight is 590 g/mol. The number of alkyl halides is 4. The van der Waals surface area contributed by atoms with E-state index in [2.05, 4.69) is 32.6 Å². The van der Waals surface area contributed by atoms with Crippen LogP contribution in [0, 0.1) is 0 Å². The Morgan fingerprint density at radius 3 is 2.69 bits per heavy atom. The lowest BCUT2D eigenvalue weighted by Gasteiger charge is -2.33. The van der Waals surface area contributed by atoms with Gasteiger partial charge in [-0.15, -0.1) is 0 Å². The number of halogens is 4. The zero-order chi connectivity index (χ0) is 30.0. The molecule has 13 heteroatoms. The third-order valence-corrected chi connectivity index (χ3v) is 7.93. The van der Waals surface area contributed by atoms with Crippen molar-refractivity contribution in [3.63, 3.8) is 0 Å². The number of aliphatic hydroxyl groups excluding tert-OH is 1. The summed E-state index contributed by atoms with van der Waals surface area (Å²) >= 11 is 0. The van der Waals surface area contributed by atoms with Crippen molar-refractivity contribution in [2.24, 2.45) is 0 Å². The molecule has 1 aliphatic carbocycles. The van der Waals surface area contributed by atoms with E-state index in [9.17, 15) is 22.4 Å². The highest BCUT2D eigenvalue weighted by atomic mass is 19.4. The predicted molar refractivity (Wildman–Crippen MR) is 153 cm³/mol. The molecule has 1 aliphatic heterocycles. The maximum Gasteiger partial charge on any atom is 0.417 e. The molecule has 3 heterocycles. The summed E-state index contributed by atoms with van der Waals surface area (Å²) in [5.41, 5.74) is -0.431. The normalized spacial score (nSPS) is 23.2. The summed E-state index contributed by atoms with van der Waals surface area (Å²) in [6.45, 7) is 4.48. The molecule has 0 spiro atoms. The first-order chi connectivity index (χ1) is 20.0. The van der Waals surface area contributed by atoms with Crippen molar-refractivity contribution in [1.82, 2.24) is 25.0 Å². The number of amides is 1. The number of carbonyl (C=O) groups is 1. The third kappa shape index (κ3) is 6.67. The molecule has 4 N–H and O–H groups in total. The van der Waals surface area contributed by atoms with Crippen LogP contribution in [0.5, 0.6) is 0 Å². The molecule has 2 aromatic heterocycles. The van der Waals surface area contributed by atoms with Gasteiger partial charge in [-0.3, -0.25) is 9.48 Å². The number of hydrogen-bond donors (Lipinski definition) is 4. The number of allylic oxidation sites excluding steroid dienone is 1. The van der Waals surface area contributed by atoms with Crippen molar-refractivity contribution >= 4 is 33.8 Å². The highest BCUT2D eigenvalue weighted by Crippen LogP contribution is 2.38. The molecule has 1 saturated carbocycles. The fourth-order valence-electron chi connectivity index (χ4n) is 5.69. The number of rotatable bonds is 9. The lowest BCUT2D eigenvalue weighted by molar-refractivity contribution is -0.0688. The van der Waals surface area contributed by atoms with E-state index in [0.717, 1.165) is 0 Å². The molecular formula is C29H35F4N7O2. The van der Waals surface area contributed by atoms with Crippen LogP contribution in [0.15, 0.2) is 43.2 Å². The van der Waals surface area contributed by atoms with Gasteiger partial charge in [0.25, 0.3) is 5.91 Å². The number of aliphatic hydroxyl groups is 1. The maximum absolute atomic E-state index is 14.8. The zero-order valence-electron chi connectivity index (χ0n) is 23.3. The fourth-order valence-corrected chi connectivity index (χ4v) is 5.69.